The van der Waals surface area contributed by atoms with Crippen molar-refractivity contribution in [1.82, 2.24) is 4.90 Å². The van der Waals surface area contributed by atoms with Crippen LogP contribution < -0.4 is 0 Å². The summed E-state index contributed by atoms with van der Waals surface area (Å²) in [5.74, 6) is 0.193. The topological polar surface area (TPSA) is 20.3 Å². The summed E-state index contributed by atoms with van der Waals surface area (Å²) in [6, 6.07) is 0.631. The number of ketones is 1. The molecule has 0 spiro atoms. The Morgan fingerprint density at radius 2 is 2.07 bits per heavy atom. The van der Waals surface area contributed by atoms with Crippen LogP contribution in [0.25, 0.3) is 0 Å². The molecule has 1 fully saturated rings. The Morgan fingerprint density at radius 3 is 2.64 bits per heavy atom. The van der Waals surface area contributed by atoms with Gasteiger partial charge in [-0.15, -0.1) is 0 Å². The maximum absolute atomic E-state index is 10.9. The van der Waals surface area contributed by atoms with Crippen molar-refractivity contribution in [2.75, 3.05) is 13.1 Å². The third kappa shape index (κ3) is 3.62. The molecule has 0 aromatic heterocycles. The molecule has 0 aromatic carbocycles. The number of hydrogen-bond donors (Lipinski definition) is 0. The maximum Gasteiger partial charge on any atom is 0.152 e. The molecule has 0 amide bonds. The highest BCUT2D eigenvalue weighted by molar-refractivity contribution is 5.87. The number of carbonyl (C=O) groups is 1. The van der Waals surface area contributed by atoms with Crippen LogP contribution in [0.15, 0.2) is 11.6 Å². The molecule has 0 atom stereocenters. The lowest BCUT2D eigenvalue weighted by molar-refractivity contribution is -0.112. The zero-order valence-corrected chi connectivity index (χ0v) is 9.55. The first-order valence-corrected chi connectivity index (χ1v) is 5.53. The summed E-state index contributed by atoms with van der Waals surface area (Å²) in [5, 5.41) is 0. The van der Waals surface area contributed by atoms with Crippen LogP contribution in [0.5, 0.6) is 0 Å². The summed E-state index contributed by atoms with van der Waals surface area (Å²) in [7, 11) is 0. The predicted octanol–water partition coefficient (Wildman–Crippen LogP) is 2.40. The lowest BCUT2D eigenvalue weighted by Gasteiger charge is -2.23. The first-order chi connectivity index (χ1) is 6.59. The minimum atomic E-state index is 0.193. The number of likely N-dealkylation sites (tertiary alicyclic amines) is 1. The monoisotopic (exact) mass is 195 g/mol. The molecule has 0 radical (unpaired) electrons. The predicted molar refractivity (Wildman–Crippen MR) is 59.3 cm³/mol. The Labute approximate surface area is 87.0 Å². The van der Waals surface area contributed by atoms with Gasteiger partial charge in [0, 0.05) is 12.6 Å². The number of rotatable bonds is 2. The van der Waals surface area contributed by atoms with Gasteiger partial charge in [-0.25, -0.2) is 0 Å². The highest BCUT2D eigenvalue weighted by Crippen LogP contribution is 2.17. The van der Waals surface area contributed by atoms with Crippen LogP contribution in [-0.4, -0.2) is 29.8 Å². The van der Waals surface area contributed by atoms with Crippen LogP contribution in [0.1, 0.15) is 40.0 Å². The molecule has 0 N–H and O–H groups in total. The fourth-order valence-electron chi connectivity index (χ4n) is 1.98. The first-order valence-electron chi connectivity index (χ1n) is 5.53. The van der Waals surface area contributed by atoms with Crippen LogP contribution in [0, 0.1) is 0 Å². The van der Waals surface area contributed by atoms with Crippen molar-refractivity contribution < 1.29 is 4.79 Å². The van der Waals surface area contributed by atoms with Gasteiger partial charge in [-0.2, -0.15) is 0 Å². The maximum atomic E-state index is 10.9. The van der Waals surface area contributed by atoms with Gasteiger partial charge in [0.1, 0.15) is 0 Å². The van der Waals surface area contributed by atoms with Crippen molar-refractivity contribution in [3.8, 4) is 0 Å². The second-order valence-corrected chi connectivity index (χ2v) is 4.40. The average molecular weight is 195 g/mol. The van der Waals surface area contributed by atoms with Gasteiger partial charge in [0.25, 0.3) is 0 Å². The van der Waals surface area contributed by atoms with E-state index in [1.54, 1.807) is 6.92 Å². The van der Waals surface area contributed by atoms with Gasteiger partial charge in [0.2, 0.25) is 0 Å². The Bertz CT molecular complexity index is 230. The summed E-state index contributed by atoms with van der Waals surface area (Å²) < 4.78 is 0. The highest BCUT2D eigenvalue weighted by Gasteiger charge is 2.14. The largest absolute Gasteiger partial charge is 0.301 e. The van der Waals surface area contributed by atoms with E-state index >= 15 is 0 Å². The van der Waals surface area contributed by atoms with Crippen molar-refractivity contribution >= 4 is 5.78 Å². The fourth-order valence-corrected chi connectivity index (χ4v) is 1.98. The second-order valence-electron chi connectivity index (χ2n) is 4.40. The van der Waals surface area contributed by atoms with E-state index in [2.05, 4.69) is 18.7 Å². The molecule has 0 saturated carbocycles. The lowest BCUT2D eigenvalue weighted by Crippen LogP contribution is -2.31. The van der Waals surface area contributed by atoms with Gasteiger partial charge in [-0.05, 0) is 52.7 Å². The van der Waals surface area contributed by atoms with Gasteiger partial charge in [-0.1, -0.05) is 5.57 Å². The average Bonchev–Trinajstić information content (AvgIpc) is 2.28. The minimum absolute atomic E-state index is 0.193. The van der Waals surface area contributed by atoms with Gasteiger partial charge in [0.05, 0.1) is 0 Å². The van der Waals surface area contributed by atoms with Crippen molar-refractivity contribution in [2.45, 2.75) is 46.1 Å². The van der Waals surface area contributed by atoms with Gasteiger partial charge >= 0.3 is 0 Å². The zero-order chi connectivity index (χ0) is 10.6. The highest BCUT2D eigenvalue weighted by atomic mass is 16.1. The van der Waals surface area contributed by atoms with E-state index in [0.717, 1.165) is 19.4 Å². The van der Waals surface area contributed by atoms with E-state index in [9.17, 15) is 4.79 Å². The SMILES string of the molecule is CC(=O)C=C1CCCN(C(C)C)CC1. The second kappa shape index (κ2) is 5.30. The summed E-state index contributed by atoms with van der Waals surface area (Å²) in [6.07, 6.45) is 5.18. The van der Waals surface area contributed by atoms with Crippen molar-refractivity contribution in [3.63, 3.8) is 0 Å². The quantitative estimate of drug-likeness (QED) is 0.631. The standard InChI is InChI=1S/C12H21NO/c1-10(2)13-7-4-5-12(6-8-13)9-11(3)14/h9-10H,4-8H2,1-3H3. The Hall–Kier alpha value is -0.630. The summed E-state index contributed by atoms with van der Waals surface area (Å²) in [6.45, 7) is 8.39. The van der Waals surface area contributed by atoms with E-state index in [1.165, 1.54) is 18.5 Å². The molecule has 0 unspecified atom stereocenters. The summed E-state index contributed by atoms with van der Waals surface area (Å²) in [5.41, 5.74) is 1.33. The van der Waals surface area contributed by atoms with Crippen LogP contribution in [0.2, 0.25) is 0 Å². The number of nitrogens with zero attached hydrogens (tertiary/aromatic N) is 1. The van der Waals surface area contributed by atoms with Crippen molar-refractivity contribution in [1.29, 1.82) is 0 Å². The molecule has 1 aliphatic rings. The van der Waals surface area contributed by atoms with Gasteiger partial charge in [0.15, 0.2) is 5.78 Å². The van der Waals surface area contributed by atoms with E-state index < -0.39 is 0 Å². The van der Waals surface area contributed by atoms with E-state index in [0.29, 0.717) is 6.04 Å². The van der Waals surface area contributed by atoms with Gasteiger partial charge in [-0.3, -0.25) is 4.79 Å². The molecule has 1 heterocycles. The van der Waals surface area contributed by atoms with Gasteiger partial charge < -0.3 is 4.90 Å². The molecular weight excluding hydrogens is 174 g/mol. The van der Waals surface area contributed by atoms with Crippen LogP contribution in [-0.2, 0) is 4.79 Å². The van der Waals surface area contributed by atoms with E-state index in [4.69, 9.17) is 0 Å². The third-order valence-electron chi connectivity index (χ3n) is 2.80. The fraction of sp³-hybridized carbons (Fsp3) is 0.750. The molecule has 2 heteroatoms. The lowest BCUT2D eigenvalue weighted by atomic mass is 10.1. The molecule has 1 saturated heterocycles. The number of hydrogen-bond acceptors (Lipinski definition) is 2. The molecule has 80 valence electrons. The molecular formula is C12H21NO. The van der Waals surface area contributed by atoms with Crippen LogP contribution in [0.3, 0.4) is 0 Å². The number of allylic oxidation sites excluding steroid dienone is 1. The van der Waals surface area contributed by atoms with E-state index in [1.807, 2.05) is 6.08 Å². The summed E-state index contributed by atoms with van der Waals surface area (Å²) in [4.78, 5) is 13.4. The molecule has 1 rings (SSSR count). The summed E-state index contributed by atoms with van der Waals surface area (Å²) >= 11 is 0. The smallest absolute Gasteiger partial charge is 0.152 e. The third-order valence-corrected chi connectivity index (χ3v) is 2.80. The van der Waals surface area contributed by atoms with Crippen molar-refractivity contribution in [3.05, 3.63) is 11.6 Å². The molecule has 0 bridgehead atoms. The van der Waals surface area contributed by atoms with Crippen LogP contribution >= 0.6 is 0 Å². The molecule has 2 nitrogen and oxygen atoms in total. The van der Waals surface area contributed by atoms with E-state index in [-0.39, 0.29) is 5.78 Å². The van der Waals surface area contributed by atoms with Crippen LogP contribution in [0.4, 0.5) is 0 Å². The normalized spacial score (nSPS) is 22.7. The number of carbonyl (C=O) groups excluding carboxylic acids is 1. The minimum Gasteiger partial charge on any atom is -0.301 e. The van der Waals surface area contributed by atoms with Crippen molar-refractivity contribution in [2.24, 2.45) is 0 Å². The molecule has 0 aromatic rings. The Balaban J connectivity index is 2.52. The molecule has 1 aliphatic heterocycles. The Kier molecular flexibility index (Phi) is 4.33. The first kappa shape index (κ1) is 11.4. The Morgan fingerprint density at radius 1 is 1.36 bits per heavy atom. The molecule has 0 aliphatic carbocycles. The zero-order valence-electron chi connectivity index (χ0n) is 9.55. The molecule has 14 heavy (non-hydrogen) atoms.